The predicted octanol–water partition coefficient (Wildman–Crippen LogP) is 2.27. The lowest BCUT2D eigenvalue weighted by atomic mass is 10.1. The maximum Gasteiger partial charge on any atom is 0.0472 e. The van der Waals surface area contributed by atoms with Crippen molar-refractivity contribution in [2.75, 3.05) is 13.6 Å². The highest BCUT2D eigenvalue weighted by molar-refractivity contribution is 7.09. The van der Waals surface area contributed by atoms with Crippen LogP contribution < -0.4 is 5.73 Å². The van der Waals surface area contributed by atoms with Gasteiger partial charge in [0.2, 0.25) is 0 Å². The fourth-order valence-corrected chi connectivity index (χ4v) is 2.68. The van der Waals surface area contributed by atoms with Crippen LogP contribution in [0.1, 0.15) is 16.5 Å². The highest BCUT2D eigenvalue weighted by Crippen LogP contribution is 2.21. The van der Waals surface area contributed by atoms with E-state index in [2.05, 4.69) is 34.4 Å². The Morgan fingerprint density at radius 2 is 2.12 bits per heavy atom. The second-order valence-electron chi connectivity index (χ2n) is 4.03. The lowest BCUT2D eigenvalue weighted by Gasteiger charge is -2.26. The lowest BCUT2D eigenvalue weighted by molar-refractivity contribution is 0.244. The van der Waals surface area contributed by atoms with Crippen molar-refractivity contribution in [1.29, 1.82) is 0 Å². The SMILES string of the molecule is CN(Cc1cccs1)C(CN)c1ccncc1. The van der Waals surface area contributed by atoms with Crippen molar-refractivity contribution in [3.05, 3.63) is 52.5 Å². The van der Waals surface area contributed by atoms with Crippen LogP contribution in [0, 0.1) is 0 Å². The molecule has 0 aliphatic carbocycles. The first-order valence-electron chi connectivity index (χ1n) is 5.64. The molecule has 90 valence electrons. The molecule has 2 rings (SSSR count). The number of rotatable bonds is 5. The number of hydrogen-bond donors (Lipinski definition) is 1. The van der Waals surface area contributed by atoms with Gasteiger partial charge in [-0.15, -0.1) is 11.3 Å². The molecule has 0 radical (unpaired) electrons. The molecule has 0 aliphatic heterocycles. The van der Waals surface area contributed by atoms with Gasteiger partial charge in [-0.1, -0.05) is 6.07 Å². The molecule has 2 heterocycles. The van der Waals surface area contributed by atoms with E-state index in [0.717, 1.165) is 6.54 Å². The molecule has 2 N–H and O–H groups in total. The summed E-state index contributed by atoms with van der Waals surface area (Å²) in [4.78, 5) is 7.68. The highest BCUT2D eigenvalue weighted by atomic mass is 32.1. The summed E-state index contributed by atoms with van der Waals surface area (Å²) in [7, 11) is 2.11. The Labute approximate surface area is 106 Å². The Morgan fingerprint density at radius 3 is 2.71 bits per heavy atom. The van der Waals surface area contributed by atoms with Gasteiger partial charge in [-0.25, -0.2) is 0 Å². The molecule has 4 heteroatoms. The average molecular weight is 247 g/mol. The Morgan fingerprint density at radius 1 is 1.35 bits per heavy atom. The third-order valence-electron chi connectivity index (χ3n) is 2.83. The van der Waals surface area contributed by atoms with Gasteiger partial charge in [0.1, 0.15) is 0 Å². The van der Waals surface area contributed by atoms with E-state index in [0.29, 0.717) is 6.54 Å². The number of pyridine rings is 1. The molecule has 0 amide bonds. The zero-order valence-corrected chi connectivity index (χ0v) is 10.7. The summed E-state index contributed by atoms with van der Waals surface area (Å²) < 4.78 is 0. The Hall–Kier alpha value is -1.23. The van der Waals surface area contributed by atoms with Gasteiger partial charge >= 0.3 is 0 Å². The van der Waals surface area contributed by atoms with Crippen LogP contribution in [0.5, 0.6) is 0 Å². The Kier molecular flexibility index (Phi) is 4.25. The molecule has 17 heavy (non-hydrogen) atoms. The second kappa shape index (κ2) is 5.91. The topological polar surface area (TPSA) is 42.1 Å². The molecular weight excluding hydrogens is 230 g/mol. The van der Waals surface area contributed by atoms with E-state index in [9.17, 15) is 0 Å². The van der Waals surface area contributed by atoms with E-state index < -0.39 is 0 Å². The first kappa shape index (κ1) is 12.2. The number of nitrogens with zero attached hydrogens (tertiary/aromatic N) is 2. The number of likely N-dealkylation sites (N-methyl/N-ethyl adjacent to an activating group) is 1. The minimum Gasteiger partial charge on any atom is -0.329 e. The molecule has 0 aromatic carbocycles. The van der Waals surface area contributed by atoms with E-state index in [1.54, 1.807) is 11.3 Å². The summed E-state index contributed by atoms with van der Waals surface area (Å²) in [5.41, 5.74) is 7.10. The van der Waals surface area contributed by atoms with Crippen molar-refractivity contribution in [3.8, 4) is 0 Å². The molecule has 2 aromatic rings. The van der Waals surface area contributed by atoms with Crippen molar-refractivity contribution in [3.63, 3.8) is 0 Å². The highest BCUT2D eigenvalue weighted by Gasteiger charge is 2.15. The van der Waals surface area contributed by atoms with Gasteiger partial charge in [0.25, 0.3) is 0 Å². The zero-order chi connectivity index (χ0) is 12.1. The van der Waals surface area contributed by atoms with Crippen LogP contribution >= 0.6 is 11.3 Å². The van der Waals surface area contributed by atoms with Crippen LogP contribution in [-0.2, 0) is 6.54 Å². The normalized spacial score (nSPS) is 12.9. The zero-order valence-electron chi connectivity index (χ0n) is 9.91. The van der Waals surface area contributed by atoms with Crippen LogP contribution in [0.25, 0.3) is 0 Å². The second-order valence-corrected chi connectivity index (χ2v) is 5.06. The molecule has 1 atom stereocenters. The van der Waals surface area contributed by atoms with Gasteiger partial charge in [0, 0.05) is 36.4 Å². The standard InChI is InChI=1S/C13H17N3S/c1-16(10-12-3-2-8-17-12)13(9-14)11-4-6-15-7-5-11/h2-8,13H,9-10,14H2,1H3. The molecule has 1 unspecified atom stereocenters. The summed E-state index contributed by atoms with van der Waals surface area (Å²) in [6.45, 7) is 1.55. The van der Waals surface area contributed by atoms with Gasteiger partial charge in [-0.3, -0.25) is 9.88 Å². The van der Waals surface area contributed by atoms with Crippen molar-refractivity contribution >= 4 is 11.3 Å². The summed E-state index contributed by atoms with van der Waals surface area (Å²) in [6.07, 6.45) is 3.63. The first-order valence-corrected chi connectivity index (χ1v) is 6.52. The Balaban J connectivity index is 2.08. The van der Waals surface area contributed by atoms with Crippen molar-refractivity contribution in [1.82, 2.24) is 9.88 Å². The van der Waals surface area contributed by atoms with Crippen LogP contribution in [0.2, 0.25) is 0 Å². The minimum absolute atomic E-state index is 0.250. The monoisotopic (exact) mass is 247 g/mol. The summed E-state index contributed by atoms with van der Waals surface area (Å²) in [6, 6.07) is 8.55. The number of hydrogen-bond acceptors (Lipinski definition) is 4. The quantitative estimate of drug-likeness (QED) is 0.881. The molecule has 0 aliphatic rings. The Bertz CT molecular complexity index is 427. The number of thiophene rings is 1. The van der Waals surface area contributed by atoms with Crippen LogP contribution in [-0.4, -0.2) is 23.5 Å². The van der Waals surface area contributed by atoms with Crippen LogP contribution in [0.15, 0.2) is 42.0 Å². The van der Waals surface area contributed by atoms with Gasteiger partial charge in [0.05, 0.1) is 0 Å². The molecule has 2 aromatic heterocycles. The van der Waals surface area contributed by atoms with Gasteiger partial charge in [0.15, 0.2) is 0 Å². The molecular formula is C13H17N3S. The largest absolute Gasteiger partial charge is 0.329 e. The van der Waals surface area contributed by atoms with Crippen LogP contribution in [0.4, 0.5) is 0 Å². The van der Waals surface area contributed by atoms with Crippen molar-refractivity contribution in [2.24, 2.45) is 5.73 Å². The van der Waals surface area contributed by atoms with E-state index in [1.807, 2.05) is 24.5 Å². The van der Waals surface area contributed by atoms with E-state index in [-0.39, 0.29) is 6.04 Å². The summed E-state index contributed by atoms with van der Waals surface area (Å²) in [5, 5.41) is 2.10. The lowest BCUT2D eigenvalue weighted by Crippen LogP contribution is -2.29. The van der Waals surface area contributed by atoms with Gasteiger partial charge in [-0.2, -0.15) is 0 Å². The molecule has 3 nitrogen and oxygen atoms in total. The van der Waals surface area contributed by atoms with E-state index >= 15 is 0 Å². The minimum atomic E-state index is 0.250. The third-order valence-corrected chi connectivity index (χ3v) is 3.69. The van der Waals surface area contributed by atoms with Gasteiger partial charge < -0.3 is 5.73 Å². The van der Waals surface area contributed by atoms with Crippen molar-refractivity contribution < 1.29 is 0 Å². The van der Waals surface area contributed by atoms with E-state index in [4.69, 9.17) is 5.73 Å². The van der Waals surface area contributed by atoms with E-state index in [1.165, 1.54) is 10.4 Å². The molecule has 0 bridgehead atoms. The number of aromatic nitrogens is 1. The predicted molar refractivity (Wildman–Crippen MR) is 71.8 cm³/mol. The maximum absolute atomic E-state index is 5.88. The maximum atomic E-state index is 5.88. The summed E-state index contributed by atoms with van der Waals surface area (Å²) >= 11 is 1.78. The third kappa shape index (κ3) is 3.12. The fraction of sp³-hybridized carbons (Fsp3) is 0.308. The van der Waals surface area contributed by atoms with Gasteiger partial charge in [-0.05, 0) is 36.2 Å². The average Bonchev–Trinajstić information content (AvgIpc) is 2.84. The van der Waals surface area contributed by atoms with Crippen LogP contribution in [0.3, 0.4) is 0 Å². The molecule has 0 spiro atoms. The smallest absolute Gasteiger partial charge is 0.0472 e. The first-order chi connectivity index (χ1) is 8.31. The van der Waals surface area contributed by atoms with Crippen molar-refractivity contribution in [2.45, 2.75) is 12.6 Å². The number of nitrogens with two attached hydrogens (primary N) is 1. The molecule has 0 saturated heterocycles. The molecule has 0 saturated carbocycles. The molecule has 0 fully saturated rings. The fourth-order valence-electron chi connectivity index (χ4n) is 1.91. The summed E-state index contributed by atoms with van der Waals surface area (Å²) in [5.74, 6) is 0.